The number of carbonyl (C=O) groups is 1. The molecule has 0 aliphatic rings. The van der Waals surface area contributed by atoms with E-state index in [1.165, 1.54) is 4.57 Å². The summed E-state index contributed by atoms with van der Waals surface area (Å²) in [4.78, 5) is 40.5. The fraction of sp³-hybridized carbons (Fsp3) is 0.160. The van der Waals surface area contributed by atoms with E-state index < -0.39 is 5.69 Å². The van der Waals surface area contributed by atoms with Gasteiger partial charge in [-0.25, -0.2) is 4.79 Å². The molecule has 162 valence electrons. The summed E-state index contributed by atoms with van der Waals surface area (Å²) in [5.74, 6) is -0.354. The number of aromatic nitrogens is 2. The van der Waals surface area contributed by atoms with Crippen LogP contribution < -0.4 is 21.5 Å². The average Bonchev–Trinajstić information content (AvgIpc) is 2.82. The van der Waals surface area contributed by atoms with Gasteiger partial charge >= 0.3 is 5.69 Å². The Kier molecular flexibility index (Phi) is 5.89. The molecule has 1 N–H and O–H groups in total. The number of fused-ring (bicyclic) bond motifs is 1. The lowest BCUT2D eigenvalue weighted by atomic mass is 10.2. The molecule has 1 aromatic heterocycles. The van der Waals surface area contributed by atoms with Gasteiger partial charge in [0.25, 0.3) is 5.56 Å². The highest BCUT2D eigenvalue weighted by atomic mass is 16.2. The van der Waals surface area contributed by atoms with Crippen LogP contribution in [0.2, 0.25) is 0 Å². The molecule has 7 heteroatoms. The zero-order chi connectivity index (χ0) is 22.7. The smallest absolute Gasteiger partial charge is 0.331 e. The molecular formula is C25H24N4O3. The summed E-state index contributed by atoms with van der Waals surface area (Å²) in [5.41, 5.74) is 2.02. The van der Waals surface area contributed by atoms with Gasteiger partial charge in [0, 0.05) is 19.3 Å². The lowest BCUT2D eigenvalue weighted by Gasteiger charge is -2.23. The summed E-state index contributed by atoms with van der Waals surface area (Å²) < 4.78 is 2.49. The number of para-hydroxylation sites is 4. The van der Waals surface area contributed by atoms with E-state index in [-0.39, 0.29) is 24.6 Å². The van der Waals surface area contributed by atoms with E-state index in [1.54, 1.807) is 31.2 Å². The first-order valence-corrected chi connectivity index (χ1v) is 10.4. The van der Waals surface area contributed by atoms with Crippen LogP contribution in [0.4, 0.5) is 17.1 Å². The van der Waals surface area contributed by atoms with Crippen molar-refractivity contribution in [1.29, 1.82) is 0 Å². The first-order chi connectivity index (χ1) is 15.5. The molecule has 0 spiro atoms. The molecular weight excluding hydrogens is 404 g/mol. The van der Waals surface area contributed by atoms with Crippen molar-refractivity contribution in [2.75, 3.05) is 17.3 Å². The minimum Gasteiger partial charge on any atom is -0.343 e. The van der Waals surface area contributed by atoms with E-state index in [9.17, 15) is 14.4 Å². The van der Waals surface area contributed by atoms with E-state index in [2.05, 4.69) is 5.32 Å². The summed E-state index contributed by atoms with van der Waals surface area (Å²) >= 11 is 0. The Hall–Kier alpha value is -4.13. The monoisotopic (exact) mass is 428 g/mol. The number of hydrogen-bond donors (Lipinski definition) is 1. The third-order valence-corrected chi connectivity index (χ3v) is 5.43. The maximum Gasteiger partial charge on any atom is 0.331 e. The van der Waals surface area contributed by atoms with Crippen LogP contribution in [0, 0.1) is 0 Å². The van der Waals surface area contributed by atoms with Gasteiger partial charge in [-0.05, 0) is 43.3 Å². The Labute approximate surface area is 185 Å². The van der Waals surface area contributed by atoms with Gasteiger partial charge in [0.2, 0.25) is 5.91 Å². The van der Waals surface area contributed by atoms with Crippen molar-refractivity contribution in [2.24, 2.45) is 0 Å². The molecule has 3 aromatic carbocycles. The van der Waals surface area contributed by atoms with E-state index in [1.807, 2.05) is 66.5 Å². The van der Waals surface area contributed by atoms with Crippen LogP contribution in [0.1, 0.15) is 6.92 Å². The summed E-state index contributed by atoms with van der Waals surface area (Å²) in [6.45, 7) is 1.76. The maximum atomic E-state index is 13.0. The summed E-state index contributed by atoms with van der Waals surface area (Å²) in [6, 6.07) is 24.1. The standard InChI is InChI=1S/C25H24N4O3/c1-3-28-24(31)19-13-7-9-15-21(19)29(25(28)32)17-23(30)26-20-14-8-10-16-22(20)27(2)18-11-5-4-6-12-18/h4-16H,3,17H2,1-2H3,(H,26,30). The highest BCUT2D eigenvalue weighted by Gasteiger charge is 2.16. The molecule has 0 aliphatic carbocycles. The van der Waals surface area contributed by atoms with Gasteiger partial charge in [-0.2, -0.15) is 0 Å². The second-order valence-corrected chi connectivity index (χ2v) is 7.40. The van der Waals surface area contributed by atoms with Crippen LogP contribution in [0.15, 0.2) is 88.5 Å². The van der Waals surface area contributed by atoms with Crippen LogP contribution in [-0.2, 0) is 17.9 Å². The normalized spacial score (nSPS) is 10.8. The van der Waals surface area contributed by atoms with Crippen molar-refractivity contribution in [1.82, 2.24) is 9.13 Å². The van der Waals surface area contributed by atoms with Gasteiger partial charge in [0.1, 0.15) is 6.54 Å². The molecule has 0 bridgehead atoms. The van der Waals surface area contributed by atoms with Gasteiger partial charge in [-0.1, -0.05) is 42.5 Å². The predicted molar refractivity (Wildman–Crippen MR) is 128 cm³/mol. The molecule has 0 atom stereocenters. The number of carbonyl (C=O) groups excluding carboxylic acids is 1. The zero-order valence-corrected chi connectivity index (χ0v) is 18.0. The van der Waals surface area contributed by atoms with Crippen molar-refractivity contribution < 1.29 is 4.79 Å². The van der Waals surface area contributed by atoms with Crippen molar-refractivity contribution in [3.05, 3.63) is 99.7 Å². The van der Waals surface area contributed by atoms with Crippen LogP contribution in [0.25, 0.3) is 10.9 Å². The van der Waals surface area contributed by atoms with Crippen LogP contribution >= 0.6 is 0 Å². The molecule has 0 saturated carbocycles. The number of rotatable bonds is 6. The number of nitrogens with zero attached hydrogens (tertiary/aromatic N) is 3. The summed E-state index contributed by atoms with van der Waals surface area (Å²) in [6.07, 6.45) is 0. The first kappa shape index (κ1) is 21.1. The van der Waals surface area contributed by atoms with Crippen molar-refractivity contribution >= 4 is 33.9 Å². The maximum absolute atomic E-state index is 13.0. The minimum atomic E-state index is -0.499. The summed E-state index contributed by atoms with van der Waals surface area (Å²) in [7, 11) is 1.93. The molecule has 4 rings (SSSR count). The Balaban J connectivity index is 1.67. The Morgan fingerprint density at radius 3 is 2.28 bits per heavy atom. The highest BCUT2D eigenvalue weighted by Crippen LogP contribution is 2.30. The van der Waals surface area contributed by atoms with Crippen LogP contribution in [-0.4, -0.2) is 22.1 Å². The van der Waals surface area contributed by atoms with Gasteiger partial charge in [-0.3, -0.25) is 18.7 Å². The molecule has 0 radical (unpaired) electrons. The van der Waals surface area contributed by atoms with Gasteiger partial charge in [0.15, 0.2) is 0 Å². The lowest BCUT2D eigenvalue weighted by molar-refractivity contribution is -0.116. The molecule has 1 heterocycles. The highest BCUT2D eigenvalue weighted by molar-refractivity contribution is 5.95. The number of nitrogens with one attached hydrogen (secondary N) is 1. The van der Waals surface area contributed by atoms with E-state index in [0.29, 0.717) is 16.6 Å². The van der Waals surface area contributed by atoms with E-state index in [4.69, 9.17) is 0 Å². The fourth-order valence-electron chi connectivity index (χ4n) is 3.80. The summed E-state index contributed by atoms with van der Waals surface area (Å²) in [5, 5.41) is 3.33. The van der Waals surface area contributed by atoms with Crippen molar-refractivity contribution in [3.8, 4) is 0 Å². The molecule has 0 saturated heterocycles. The van der Waals surface area contributed by atoms with E-state index >= 15 is 0 Å². The van der Waals surface area contributed by atoms with Gasteiger partial charge in [-0.15, -0.1) is 0 Å². The molecule has 0 aliphatic heterocycles. The first-order valence-electron chi connectivity index (χ1n) is 10.4. The quantitative estimate of drug-likeness (QED) is 0.509. The topological polar surface area (TPSA) is 76.3 Å². The minimum absolute atomic E-state index is 0.205. The van der Waals surface area contributed by atoms with Gasteiger partial charge < -0.3 is 10.2 Å². The molecule has 0 unspecified atom stereocenters. The predicted octanol–water partition coefficient (Wildman–Crippen LogP) is 3.59. The zero-order valence-electron chi connectivity index (χ0n) is 18.0. The molecule has 7 nitrogen and oxygen atoms in total. The van der Waals surface area contributed by atoms with Crippen LogP contribution in [0.3, 0.4) is 0 Å². The van der Waals surface area contributed by atoms with Gasteiger partial charge in [0.05, 0.1) is 22.3 Å². The molecule has 1 amide bonds. The molecule has 32 heavy (non-hydrogen) atoms. The fourth-order valence-corrected chi connectivity index (χ4v) is 3.80. The Morgan fingerprint density at radius 2 is 1.53 bits per heavy atom. The second kappa shape index (κ2) is 8.93. The van der Waals surface area contributed by atoms with Crippen molar-refractivity contribution in [3.63, 3.8) is 0 Å². The molecule has 4 aromatic rings. The third-order valence-electron chi connectivity index (χ3n) is 5.43. The SMILES string of the molecule is CCn1c(=O)c2ccccc2n(CC(=O)Nc2ccccc2N(C)c2ccccc2)c1=O. The number of hydrogen-bond acceptors (Lipinski definition) is 4. The largest absolute Gasteiger partial charge is 0.343 e. The van der Waals surface area contributed by atoms with Crippen LogP contribution in [0.5, 0.6) is 0 Å². The lowest BCUT2D eigenvalue weighted by Crippen LogP contribution is -2.41. The Bertz CT molecular complexity index is 1390. The average molecular weight is 428 g/mol. The third kappa shape index (κ3) is 3.92. The number of amides is 1. The van der Waals surface area contributed by atoms with Crippen molar-refractivity contribution in [2.45, 2.75) is 20.0 Å². The Morgan fingerprint density at radius 1 is 0.875 bits per heavy atom. The second-order valence-electron chi connectivity index (χ2n) is 7.40. The number of benzene rings is 3. The van der Waals surface area contributed by atoms with E-state index in [0.717, 1.165) is 15.9 Å². The number of anilines is 3. The molecule has 0 fully saturated rings.